The highest BCUT2D eigenvalue weighted by Crippen LogP contribution is 2.42. The Balaban J connectivity index is 1.25. The van der Waals surface area contributed by atoms with Gasteiger partial charge in [-0.2, -0.15) is 0 Å². The molecule has 0 atom stereocenters. The van der Waals surface area contributed by atoms with Crippen molar-refractivity contribution >= 4 is 44.6 Å². The Morgan fingerprint density at radius 1 is 0.610 bits per heavy atom. The molecule has 0 heterocycles. The number of allylic oxidation sites excluding steroid dienone is 21. The summed E-state index contributed by atoms with van der Waals surface area (Å²) in [7, 11) is 0. The van der Waals surface area contributed by atoms with E-state index in [4.69, 9.17) is 0 Å². The highest BCUT2D eigenvalue weighted by atomic mass is 15.1. The van der Waals surface area contributed by atoms with Gasteiger partial charge in [-0.15, -0.1) is 0 Å². The van der Waals surface area contributed by atoms with E-state index in [1.54, 1.807) is 0 Å². The number of hydrogen-bond acceptors (Lipinski definition) is 1. The first-order chi connectivity index (χ1) is 29.1. The van der Waals surface area contributed by atoms with Crippen LogP contribution in [0.25, 0.3) is 38.6 Å². The second-order valence-electron chi connectivity index (χ2n) is 15.4. The molecular formula is C58H53N. The van der Waals surface area contributed by atoms with Gasteiger partial charge in [0.15, 0.2) is 0 Å². The molecule has 5 aromatic carbocycles. The van der Waals surface area contributed by atoms with Gasteiger partial charge in [0.25, 0.3) is 0 Å². The van der Waals surface area contributed by atoms with Gasteiger partial charge in [0.1, 0.15) is 0 Å². The van der Waals surface area contributed by atoms with Gasteiger partial charge < -0.3 is 4.90 Å². The largest absolute Gasteiger partial charge is 0.310 e. The fourth-order valence-electron chi connectivity index (χ4n) is 8.45. The van der Waals surface area contributed by atoms with Gasteiger partial charge in [-0.1, -0.05) is 164 Å². The molecule has 0 bridgehead atoms. The maximum absolute atomic E-state index is 4.14. The minimum Gasteiger partial charge on any atom is -0.310 e. The van der Waals surface area contributed by atoms with E-state index in [0.717, 1.165) is 61.2 Å². The number of benzene rings is 5. The van der Waals surface area contributed by atoms with Gasteiger partial charge in [0.05, 0.1) is 0 Å². The first-order valence-corrected chi connectivity index (χ1v) is 21.2. The number of nitrogens with zero attached hydrogens (tertiary/aromatic N) is 1. The molecule has 0 N–H and O–H groups in total. The van der Waals surface area contributed by atoms with Crippen LogP contribution in [0, 0.1) is 0 Å². The maximum atomic E-state index is 4.14. The molecule has 5 aromatic rings. The summed E-state index contributed by atoms with van der Waals surface area (Å²) in [6, 6.07) is 40.4. The van der Waals surface area contributed by atoms with E-state index in [1.165, 1.54) is 66.5 Å². The predicted molar refractivity (Wildman–Crippen MR) is 258 cm³/mol. The van der Waals surface area contributed by atoms with Crippen LogP contribution in [0.15, 0.2) is 224 Å². The van der Waals surface area contributed by atoms with Gasteiger partial charge in [0.2, 0.25) is 0 Å². The Labute approximate surface area is 351 Å². The molecular weight excluding hydrogens is 711 g/mol. The van der Waals surface area contributed by atoms with Crippen LogP contribution in [-0.2, 0) is 0 Å². The lowest BCUT2D eigenvalue weighted by molar-refractivity contribution is 0.905. The first-order valence-electron chi connectivity index (χ1n) is 21.2. The third-order valence-corrected chi connectivity index (χ3v) is 11.6. The van der Waals surface area contributed by atoms with Crippen LogP contribution in [0.4, 0.5) is 17.1 Å². The van der Waals surface area contributed by atoms with Crippen LogP contribution < -0.4 is 4.90 Å². The van der Waals surface area contributed by atoms with E-state index in [0.29, 0.717) is 0 Å². The van der Waals surface area contributed by atoms with Crippen molar-refractivity contribution in [1.29, 1.82) is 0 Å². The molecule has 0 unspecified atom stereocenters. The standard InChI is InChI=1S/C58H53N/c1-4-15-44(6-3)47-31-35-54(36-32-47)59(55-37-33-49(34-38-55)53-30-27-46-21-13-14-22-52(46)41-53)56-39-40-57(50(16-5-2)24-23-43-17-9-7-10-18-43)58(42-56)51-28-25-48(26-29-51)45-19-11-8-12-20-45/h4-6,8-9,11,13-19,21-25,27-28,30-42H,2,7,10,12,20,26,29H2,1,3H3/b15-4-,24-23+,44-6+,50-16+. The highest BCUT2D eigenvalue weighted by molar-refractivity contribution is 5.91. The fourth-order valence-corrected chi connectivity index (χ4v) is 8.45. The van der Waals surface area contributed by atoms with E-state index in [1.807, 2.05) is 6.08 Å². The number of fused-ring (bicyclic) bond motifs is 1. The van der Waals surface area contributed by atoms with E-state index in [9.17, 15) is 0 Å². The summed E-state index contributed by atoms with van der Waals surface area (Å²) >= 11 is 0. The Morgan fingerprint density at radius 3 is 2.03 bits per heavy atom. The summed E-state index contributed by atoms with van der Waals surface area (Å²) < 4.78 is 0. The second-order valence-corrected chi connectivity index (χ2v) is 15.4. The molecule has 0 spiro atoms. The predicted octanol–water partition coefficient (Wildman–Crippen LogP) is 16.7. The lowest BCUT2D eigenvalue weighted by atomic mass is 9.84. The zero-order valence-corrected chi connectivity index (χ0v) is 34.4. The molecule has 0 fully saturated rings. The minimum atomic E-state index is 0.981. The molecule has 0 radical (unpaired) electrons. The Kier molecular flexibility index (Phi) is 12.4. The van der Waals surface area contributed by atoms with Crippen molar-refractivity contribution in [2.24, 2.45) is 0 Å². The van der Waals surface area contributed by atoms with Gasteiger partial charge in [-0.05, 0) is 167 Å². The molecule has 0 saturated heterocycles. The molecule has 0 saturated carbocycles. The Hall–Kier alpha value is -6.70. The average molecular weight is 764 g/mol. The third kappa shape index (κ3) is 9.06. The van der Waals surface area contributed by atoms with Crippen LogP contribution in [0.3, 0.4) is 0 Å². The Morgan fingerprint density at radius 2 is 1.34 bits per heavy atom. The maximum Gasteiger partial charge on any atom is 0.0468 e. The van der Waals surface area contributed by atoms with Gasteiger partial charge in [-0.3, -0.25) is 0 Å². The molecule has 0 amide bonds. The number of anilines is 3. The normalized spacial score (nSPS) is 16.0. The van der Waals surface area contributed by atoms with Crippen molar-refractivity contribution in [2.75, 3.05) is 4.90 Å². The molecule has 59 heavy (non-hydrogen) atoms. The molecule has 3 aliphatic rings. The summed E-state index contributed by atoms with van der Waals surface area (Å²) in [6.45, 7) is 8.31. The molecule has 290 valence electrons. The second kappa shape index (κ2) is 18.7. The van der Waals surface area contributed by atoms with Crippen molar-refractivity contribution in [3.63, 3.8) is 0 Å². The zero-order valence-electron chi connectivity index (χ0n) is 34.4. The summed E-state index contributed by atoms with van der Waals surface area (Å²) in [4.78, 5) is 2.40. The number of hydrogen-bond donors (Lipinski definition) is 0. The monoisotopic (exact) mass is 763 g/mol. The van der Waals surface area contributed by atoms with Crippen LogP contribution in [0.5, 0.6) is 0 Å². The molecule has 8 rings (SSSR count). The zero-order chi connectivity index (χ0) is 40.4. The smallest absolute Gasteiger partial charge is 0.0468 e. The molecule has 1 nitrogen and oxygen atoms in total. The average Bonchev–Trinajstić information content (AvgIpc) is 3.31. The van der Waals surface area contributed by atoms with Crippen LogP contribution >= 0.6 is 0 Å². The van der Waals surface area contributed by atoms with E-state index in [-0.39, 0.29) is 0 Å². The fraction of sp³-hybridized carbons (Fsp3) is 0.138. The van der Waals surface area contributed by atoms with Crippen molar-refractivity contribution in [1.82, 2.24) is 0 Å². The van der Waals surface area contributed by atoms with Crippen molar-refractivity contribution in [2.45, 2.75) is 52.4 Å². The van der Waals surface area contributed by atoms with E-state index in [2.05, 4.69) is 220 Å². The van der Waals surface area contributed by atoms with Gasteiger partial charge in [-0.25, -0.2) is 0 Å². The lowest BCUT2D eigenvalue weighted by Gasteiger charge is -2.28. The summed E-state index contributed by atoms with van der Waals surface area (Å²) in [5, 5.41) is 2.50. The minimum absolute atomic E-state index is 0.981. The summed E-state index contributed by atoms with van der Waals surface area (Å²) in [6.07, 6.45) is 39.8. The molecule has 0 aliphatic heterocycles. The van der Waals surface area contributed by atoms with Gasteiger partial charge >= 0.3 is 0 Å². The third-order valence-electron chi connectivity index (χ3n) is 11.6. The molecule has 1 heteroatoms. The van der Waals surface area contributed by atoms with E-state index >= 15 is 0 Å². The van der Waals surface area contributed by atoms with E-state index < -0.39 is 0 Å². The van der Waals surface area contributed by atoms with Crippen molar-refractivity contribution < 1.29 is 0 Å². The SMILES string of the molecule is C=C/C=C(\C=C\C1=CCCC=C1)c1ccc(N(c2ccc(C(/C=C\C)=C/C)cc2)c2ccc(-c3ccc4ccccc4c3)cc2)cc1C1=CC=C(C2=CC=CCC2)CC1. The van der Waals surface area contributed by atoms with Gasteiger partial charge in [0, 0.05) is 17.1 Å². The summed E-state index contributed by atoms with van der Waals surface area (Å²) in [5.74, 6) is 0. The summed E-state index contributed by atoms with van der Waals surface area (Å²) in [5.41, 5.74) is 17.3. The molecule has 3 aliphatic carbocycles. The highest BCUT2D eigenvalue weighted by Gasteiger charge is 2.20. The first kappa shape index (κ1) is 39.1. The van der Waals surface area contributed by atoms with Crippen molar-refractivity contribution in [3.05, 3.63) is 240 Å². The Bertz CT molecular complexity index is 2660. The topological polar surface area (TPSA) is 3.24 Å². The quantitative estimate of drug-likeness (QED) is 0.114. The van der Waals surface area contributed by atoms with Crippen LogP contribution in [0.2, 0.25) is 0 Å². The lowest BCUT2D eigenvalue weighted by Crippen LogP contribution is -2.11. The number of rotatable bonds is 12. The van der Waals surface area contributed by atoms with Crippen LogP contribution in [0.1, 0.15) is 69.1 Å². The van der Waals surface area contributed by atoms with Crippen LogP contribution in [-0.4, -0.2) is 0 Å². The van der Waals surface area contributed by atoms with Crippen molar-refractivity contribution in [3.8, 4) is 11.1 Å². The molecule has 0 aromatic heterocycles.